The molecule has 0 saturated heterocycles. The molecule has 1 aliphatic carbocycles. The van der Waals surface area contributed by atoms with Gasteiger partial charge in [0.1, 0.15) is 11.6 Å². The van der Waals surface area contributed by atoms with Crippen molar-refractivity contribution in [3.05, 3.63) is 77.8 Å². The summed E-state index contributed by atoms with van der Waals surface area (Å²) in [5, 5.41) is 21.3. The number of phenolic OH excluding ortho intramolecular Hbond substituents is 1. The van der Waals surface area contributed by atoms with E-state index in [1.54, 1.807) is 50.6 Å². The van der Waals surface area contributed by atoms with E-state index in [1.165, 1.54) is 12.1 Å². The summed E-state index contributed by atoms with van der Waals surface area (Å²) in [4.78, 5) is 11.7. The Morgan fingerprint density at radius 3 is 2.34 bits per heavy atom. The number of aliphatic carboxylic acids is 1. The molecular formula is C28H30FNO5. The zero-order valence-electron chi connectivity index (χ0n) is 20.3. The Morgan fingerprint density at radius 1 is 1.11 bits per heavy atom. The van der Waals surface area contributed by atoms with Crippen molar-refractivity contribution in [2.75, 3.05) is 27.4 Å². The fraction of sp³-hybridized carbons (Fsp3) is 0.321. The number of ether oxygens (including phenoxy) is 2. The highest BCUT2D eigenvalue weighted by molar-refractivity contribution is 6.02. The molecule has 184 valence electrons. The standard InChI is InChI=1S/C28H30FNO5/c1-17-14-18(8-13-21(17)27(32)33)24-25-22(6-5-7-23(25)31)30(20-11-9-19(29)10-12-20)26(24)28(2,15-34-3)16-35-4/h5-14,17,21,31H,15-16H2,1-4H3,(H,32,33). The SMILES string of the molecule is COCC(C)(COC)c1c(C2=CC(C)C(C(=O)O)C=C2)c2c(O)cccc2n1-c1ccc(F)cc1. The topological polar surface area (TPSA) is 80.9 Å². The number of carbonyl (C=O) groups is 1. The predicted molar refractivity (Wildman–Crippen MR) is 133 cm³/mol. The van der Waals surface area contributed by atoms with Crippen molar-refractivity contribution in [1.82, 2.24) is 4.57 Å². The smallest absolute Gasteiger partial charge is 0.310 e. The highest BCUT2D eigenvalue weighted by Crippen LogP contribution is 2.45. The Balaban J connectivity index is 2.13. The van der Waals surface area contributed by atoms with Gasteiger partial charge in [-0.15, -0.1) is 0 Å². The summed E-state index contributed by atoms with van der Waals surface area (Å²) < 4.78 is 27.1. The Bertz CT molecular complexity index is 1300. The maximum Gasteiger partial charge on any atom is 0.310 e. The fourth-order valence-electron chi connectivity index (χ4n) is 5.15. The summed E-state index contributed by atoms with van der Waals surface area (Å²) in [6.45, 7) is 4.52. The number of methoxy groups -OCH3 is 2. The minimum atomic E-state index is -0.885. The molecule has 0 fully saturated rings. The van der Waals surface area contributed by atoms with Gasteiger partial charge in [0.25, 0.3) is 0 Å². The molecule has 2 aromatic carbocycles. The first-order chi connectivity index (χ1) is 16.7. The van der Waals surface area contributed by atoms with Gasteiger partial charge in [-0.2, -0.15) is 0 Å². The van der Waals surface area contributed by atoms with Gasteiger partial charge >= 0.3 is 5.97 Å². The van der Waals surface area contributed by atoms with Gasteiger partial charge in [-0.25, -0.2) is 4.39 Å². The van der Waals surface area contributed by atoms with Crippen molar-refractivity contribution in [3.63, 3.8) is 0 Å². The fourth-order valence-corrected chi connectivity index (χ4v) is 5.15. The molecule has 0 bridgehead atoms. The Kier molecular flexibility index (Phi) is 6.83. The van der Waals surface area contributed by atoms with E-state index in [0.717, 1.165) is 28.0 Å². The molecule has 6 nitrogen and oxygen atoms in total. The number of phenols is 1. The second-order valence-electron chi connectivity index (χ2n) is 9.34. The van der Waals surface area contributed by atoms with Crippen LogP contribution in [-0.4, -0.2) is 48.2 Å². The van der Waals surface area contributed by atoms with E-state index < -0.39 is 17.3 Å². The van der Waals surface area contributed by atoms with E-state index >= 15 is 0 Å². The van der Waals surface area contributed by atoms with Crippen LogP contribution in [0.4, 0.5) is 4.39 Å². The molecular weight excluding hydrogens is 449 g/mol. The van der Waals surface area contributed by atoms with Gasteiger partial charge in [0.05, 0.1) is 30.1 Å². The average molecular weight is 480 g/mol. The number of fused-ring (bicyclic) bond motifs is 1. The maximum atomic E-state index is 13.8. The van der Waals surface area contributed by atoms with Gasteiger partial charge in [-0.3, -0.25) is 4.79 Å². The number of halogens is 1. The van der Waals surface area contributed by atoms with Gasteiger partial charge in [-0.1, -0.05) is 31.2 Å². The second kappa shape index (κ2) is 9.68. The number of hydrogen-bond acceptors (Lipinski definition) is 4. The number of aromatic hydroxyl groups is 1. The minimum absolute atomic E-state index is 0.0964. The quantitative estimate of drug-likeness (QED) is 0.457. The minimum Gasteiger partial charge on any atom is -0.507 e. The van der Waals surface area contributed by atoms with Crippen molar-refractivity contribution < 1.29 is 28.9 Å². The highest BCUT2D eigenvalue weighted by atomic mass is 19.1. The number of nitrogens with zero attached hydrogens (tertiary/aromatic N) is 1. The van der Waals surface area contributed by atoms with Crippen molar-refractivity contribution in [3.8, 4) is 11.4 Å². The third-order valence-electron chi connectivity index (χ3n) is 6.62. The lowest BCUT2D eigenvalue weighted by Crippen LogP contribution is -2.36. The molecule has 0 spiro atoms. The summed E-state index contributed by atoms with van der Waals surface area (Å²) >= 11 is 0. The van der Waals surface area contributed by atoms with E-state index in [2.05, 4.69) is 0 Å². The summed E-state index contributed by atoms with van der Waals surface area (Å²) in [5.41, 5.74) is 3.18. The van der Waals surface area contributed by atoms with Crippen LogP contribution in [-0.2, 0) is 19.7 Å². The maximum absolute atomic E-state index is 13.8. The molecule has 0 radical (unpaired) electrons. The van der Waals surface area contributed by atoms with Crippen molar-refractivity contribution in [2.45, 2.75) is 19.3 Å². The zero-order chi connectivity index (χ0) is 25.3. The average Bonchev–Trinajstić information content (AvgIpc) is 3.17. The first-order valence-corrected chi connectivity index (χ1v) is 11.5. The number of allylic oxidation sites excluding steroid dienone is 3. The molecule has 1 heterocycles. The lowest BCUT2D eigenvalue weighted by Gasteiger charge is -2.32. The first-order valence-electron chi connectivity index (χ1n) is 11.5. The van der Waals surface area contributed by atoms with E-state index in [4.69, 9.17) is 9.47 Å². The molecule has 0 aliphatic heterocycles. The summed E-state index contributed by atoms with van der Waals surface area (Å²) in [6.07, 6.45) is 5.42. The predicted octanol–water partition coefficient (Wildman–Crippen LogP) is 5.32. The number of aromatic nitrogens is 1. The third-order valence-corrected chi connectivity index (χ3v) is 6.62. The highest BCUT2D eigenvalue weighted by Gasteiger charge is 2.38. The monoisotopic (exact) mass is 479 g/mol. The molecule has 2 N–H and O–H groups in total. The molecule has 3 aromatic rings. The van der Waals surface area contributed by atoms with Gasteiger partial charge in [0.15, 0.2) is 0 Å². The molecule has 0 saturated carbocycles. The van der Waals surface area contributed by atoms with Crippen LogP contribution in [0.5, 0.6) is 5.75 Å². The summed E-state index contributed by atoms with van der Waals surface area (Å²) in [6, 6.07) is 11.5. The van der Waals surface area contributed by atoms with Crippen LogP contribution in [0, 0.1) is 17.7 Å². The third kappa shape index (κ3) is 4.37. The van der Waals surface area contributed by atoms with Gasteiger partial charge in [0.2, 0.25) is 0 Å². The summed E-state index contributed by atoms with van der Waals surface area (Å²) in [5.74, 6) is -2.03. The number of benzene rings is 2. The van der Waals surface area contributed by atoms with Crippen LogP contribution in [0.15, 0.2) is 60.7 Å². The number of rotatable bonds is 8. The normalized spacial score (nSPS) is 18.1. The lowest BCUT2D eigenvalue weighted by molar-refractivity contribution is -0.141. The second-order valence-corrected chi connectivity index (χ2v) is 9.34. The van der Waals surface area contributed by atoms with E-state index in [9.17, 15) is 19.4 Å². The van der Waals surface area contributed by atoms with Crippen LogP contribution in [0.1, 0.15) is 25.1 Å². The number of carboxylic acid groups (broad SMARTS) is 1. The van der Waals surface area contributed by atoms with Crippen molar-refractivity contribution in [1.29, 1.82) is 0 Å². The largest absolute Gasteiger partial charge is 0.507 e. The van der Waals surface area contributed by atoms with Crippen LogP contribution in [0.2, 0.25) is 0 Å². The Labute approximate surface area is 203 Å². The van der Waals surface area contributed by atoms with Crippen LogP contribution < -0.4 is 0 Å². The first kappa shape index (κ1) is 24.7. The van der Waals surface area contributed by atoms with Crippen LogP contribution in [0.3, 0.4) is 0 Å². The van der Waals surface area contributed by atoms with Gasteiger partial charge in [0, 0.05) is 36.6 Å². The van der Waals surface area contributed by atoms with E-state index in [1.807, 2.05) is 30.6 Å². The van der Waals surface area contributed by atoms with E-state index in [0.29, 0.717) is 18.6 Å². The number of carboxylic acids is 1. The molecule has 35 heavy (non-hydrogen) atoms. The molecule has 1 aliphatic rings. The lowest BCUT2D eigenvalue weighted by atomic mass is 9.79. The molecule has 1 aromatic heterocycles. The van der Waals surface area contributed by atoms with E-state index in [-0.39, 0.29) is 17.5 Å². The molecule has 2 atom stereocenters. The molecule has 0 amide bonds. The Morgan fingerprint density at radius 2 is 1.77 bits per heavy atom. The molecule has 2 unspecified atom stereocenters. The van der Waals surface area contributed by atoms with Gasteiger partial charge < -0.3 is 24.3 Å². The summed E-state index contributed by atoms with van der Waals surface area (Å²) in [7, 11) is 3.24. The molecule has 7 heteroatoms. The van der Waals surface area contributed by atoms with Crippen molar-refractivity contribution >= 4 is 22.4 Å². The molecule has 4 rings (SSSR count). The Hall–Kier alpha value is -3.42. The van der Waals surface area contributed by atoms with Crippen LogP contribution >= 0.6 is 0 Å². The van der Waals surface area contributed by atoms with Gasteiger partial charge in [-0.05, 0) is 54.8 Å². The number of hydrogen-bond donors (Lipinski definition) is 2. The van der Waals surface area contributed by atoms with Crippen molar-refractivity contribution in [2.24, 2.45) is 11.8 Å². The zero-order valence-corrected chi connectivity index (χ0v) is 20.3. The van der Waals surface area contributed by atoms with Crippen LogP contribution in [0.25, 0.3) is 22.2 Å².